The Labute approximate surface area is 205 Å². The van der Waals surface area contributed by atoms with Crippen LogP contribution in [-0.2, 0) is 22.9 Å². The van der Waals surface area contributed by atoms with Crippen molar-refractivity contribution >= 4 is 27.5 Å². The zero-order chi connectivity index (χ0) is 24.4. The van der Waals surface area contributed by atoms with E-state index in [1.807, 2.05) is 35.9 Å². The number of amidine groups is 1. The van der Waals surface area contributed by atoms with Crippen molar-refractivity contribution in [3.05, 3.63) is 71.0 Å². The van der Waals surface area contributed by atoms with E-state index in [1.165, 1.54) is 17.7 Å². The third-order valence-corrected chi connectivity index (χ3v) is 7.87. The van der Waals surface area contributed by atoms with E-state index in [0.29, 0.717) is 30.2 Å². The van der Waals surface area contributed by atoms with Crippen molar-refractivity contribution in [3.8, 4) is 5.69 Å². The van der Waals surface area contributed by atoms with Crippen molar-refractivity contribution in [2.75, 3.05) is 11.9 Å². The summed E-state index contributed by atoms with van der Waals surface area (Å²) in [5, 5.41) is 7.52. The van der Waals surface area contributed by atoms with Crippen LogP contribution in [0.3, 0.4) is 0 Å². The Kier molecular flexibility index (Phi) is 6.42. The normalized spacial score (nSPS) is 15.7. The quantitative estimate of drug-likeness (QED) is 0.559. The van der Waals surface area contributed by atoms with Crippen molar-refractivity contribution in [2.24, 2.45) is 4.99 Å². The van der Waals surface area contributed by atoms with Crippen LogP contribution in [0.4, 0.5) is 5.69 Å². The molecule has 0 bridgehead atoms. The van der Waals surface area contributed by atoms with Gasteiger partial charge in [0.15, 0.2) is 5.69 Å². The van der Waals surface area contributed by atoms with Crippen LogP contribution >= 0.6 is 0 Å². The molecule has 2 N–H and O–H groups in total. The molecule has 1 aliphatic heterocycles. The van der Waals surface area contributed by atoms with Crippen molar-refractivity contribution in [2.45, 2.75) is 56.8 Å². The first kappa shape index (κ1) is 23.3. The van der Waals surface area contributed by atoms with Crippen LogP contribution < -0.4 is 10.0 Å². The monoisotopic (exact) mass is 491 g/mol. The molecule has 0 unspecified atom stereocenters. The first-order valence-electron chi connectivity index (χ1n) is 12.1. The van der Waals surface area contributed by atoms with Gasteiger partial charge in [0.2, 0.25) is 0 Å². The summed E-state index contributed by atoms with van der Waals surface area (Å²) in [6.07, 6.45) is 6.28. The second-order valence-corrected chi connectivity index (χ2v) is 10.8. The minimum Gasteiger partial charge on any atom is -0.321 e. The highest BCUT2D eigenvalue weighted by Gasteiger charge is 2.27. The lowest BCUT2D eigenvalue weighted by Gasteiger charge is -2.10. The minimum atomic E-state index is -3.72. The fraction of sp³-hybridized carbons (Fsp3) is 0.346. The molecule has 2 heterocycles. The van der Waals surface area contributed by atoms with Crippen molar-refractivity contribution < 1.29 is 13.2 Å². The fourth-order valence-corrected chi connectivity index (χ4v) is 5.69. The number of hydrogen-bond acceptors (Lipinski definition) is 5. The number of aliphatic imine (C=N–C) groups is 1. The van der Waals surface area contributed by atoms with Crippen molar-refractivity contribution in [1.82, 2.24) is 14.5 Å². The molecule has 2 aliphatic rings. The third-order valence-electron chi connectivity index (χ3n) is 6.47. The number of nitrogens with zero attached hydrogens (tertiary/aromatic N) is 3. The Morgan fingerprint density at radius 1 is 0.914 bits per heavy atom. The largest absolute Gasteiger partial charge is 0.321 e. The van der Waals surface area contributed by atoms with E-state index in [1.54, 1.807) is 12.1 Å². The summed E-state index contributed by atoms with van der Waals surface area (Å²) in [4.78, 5) is 17.6. The lowest BCUT2D eigenvalue weighted by Crippen LogP contribution is -2.30. The summed E-state index contributed by atoms with van der Waals surface area (Å²) < 4.78 is 30.0. The molecule has 1 aliphatic carbocycles. The molecular formula is C26H29N5O3S. The summed E-state index contributed by atoms with van der Waals surface area (Å²) >= 11 is 0. The average molecular weight is 492 g/mol. The molecule has 0 saturated heterocycles. The summed E-state index contributed by atoms with van der Waals surface area (Å²) in [5.41, 5.74) is 5.09. The molecule has 3 aromatic rings. The first-order valence-corrected chi connectivity index (χ1v) is 13.5. The number of anilines is 1. The maximum atomic E-state index is 13.1. The molecule has 5 rings (SSSR count). The average Bonchev–Trinajstić information content (AvgIpc) is 3.36. The zero-order valence-electron chi connectivity index (χ0n) is 19.8. The number of fused-ring (bicyclic) bond motifs is 1. The topological polar surface area (TPSA) is 105 Å². The number of rotatable bonds is 5. The van der Waals surface area contributed by atoms with Crippen LogP contribution in [0.2, 0.25) is 0 Å². The summed E-state index contributed by atoms with van der Waals surface area (Å²) in [7, 11) is -3.72. The van der Waals surface area contributed by atoms with Gasteiger partial charge in [0.05, 0.1) is 10.6 Å². The number of hydrogen-bond donors (Lipinski definition) is 2. The Hall–Kier alpha value is -3.46. The summed E-state index contributed by atoms with van der Waals surface area (Å²) in [5.74, 6) is 0.216. The fourth-order valence-electron chi connectivity index (χ4n) is 4.60. The van der Waals surface area contributed by atoms with E-state index in [-0.39, 0.29) is 10.8 Å². The highest BCUT2D eigenvalue weighted by Crippen LogP contribution is 2.28. The summed E-state index contributed by atoms with van der Waals surface area (Å²) in [6, 6.07) is 14.3. The predicted molar refractivity (Wildman–Crippen MR) is 136 cm³/mol. The number of aryl methyl sites for hydroxylation is 1. The van der Waals surface area contributed by atoms with Gasteiger partial charge in [-0.15, -0.1) is 0 Å². The molecule has 9 heteroatoms. The Morgan fingerprint density at radius 3 is 2.46 bits per heavy atom. The maximum Gasteiger partial charge on any atom is 0.276 e. The van der Waals surface area contributed by atoms with Gasteiger partial charge in [0, 0.05) is 29.9 Å². The van der Waals surface area contributed by atoms with Gasteiger partial charge in [-0.2, -0.15) is 5.10 Å². The molecule has 1 aromatic heterocycles. The van der Waals surface area contributed by atoms with E-state index in [0.717, 1.165) is 55.5 Å². The molecule has 0 fully saturated rings. The number of nitrogens with one attached hydrogen (secondary N) is 2. The molecule has 35 heavy (non-hydrogen) atoms. The highest BCUT2D eigenvalue weighted by atomic mass is 32.2. The van der Waals surface area contributed by atoms with E-state index < -0.39 is 10.0 Å². The van der Waals surface area contributed by atoms with Crippen LogP contribution in [0.15, 0.2) is 58.4 Å². The first-order chi connectivity index (χ1) is 16.9. The zero-order valence-corrected chi connectivity index (χ0v) is 20.6. The van der Waals surface area contributed by atoms with Gasteiger partial charge in [-0.1, -0.05) is 24.1 Å². The third kappa shape index (κ3) is 5.00. The smallest absolute Gasteiger partial charge is 0.276 e. The number of aromatic nitrogens is 2. The number of carbonyl (C=O) groups is 1. The van der Waals surface area contributed by atoms with Crippen LogP contribution in [0.5, 0.6) is 0 Å². The van der Waals surface area contributed by atoms with Crippen molar-refractivity contribution in [3.63, 3.8) is 0 Å². The van der Waals surface area contributed by atoms with E-state index in [4.69, 9.17) is 0 Å². The Bertz CT molecular complexity index is 1370. The van der Waals surface area contributed by atoms with Gasteiger partial charge in [0.25, 0.3) is 15.9 Å². The van der Waals surface area contributed by atoms with E-state index >= 15 is 0 Å². The van der Waals surface area contributed by atoms with Crippen LogP contribution in [0, 0.1) is 6.92 Å². The predicted octanol–water partition coefficient (Wildman–Crippen LogP) is 4.17. The number of benzene rings is 2. The Morgan fingerprint density at radius 2 is 1.69 bits per heavy atom. The van der Waals surface area contributed by atoms with Gasteiger partial charge < -0.3 is 5.32 Å². The molecular weight excluding hydrogens is 462 g/mol. The van der Waals surface area contributed by atoms with Crippen LogP contribution in [0.25, 0.3) is 5.69 Å². The van der Waals surface area contributed by atoms with E-state index in [2.05, 4.69) is 20.1 Å². The molecule has 0 radical (unpaired) electrons. The second kappa shape index (κ2) is 9.65. The lowest BCUT2D eigenvalue weighted by molar-refractivity contribution is 0.102. The number of amides is 1. The van der Waals surface area contributed by atoms with E-state index in [9.17, 15) is 13.2 Å². The Balaban J connectivity index is 1.32. The molecule has 2 aromatic carbocycles. The van der Waals surface area contributed by atoms with Crippen LogP contribution in [-0.4, -0.2) is 36.5 Å². The standard InChI is InChI=1S/C26H29N5O3S/c1-18-9-13-20(14-10-18)31-23-7-5-6-22(23)25(29-31)26(32)28-19-11-15-21(16-12-19)35(33,34)30-24-8-3-2-4-17-27-24/h9-16H,2-8,17H2,1H3,(H,27,30)(H,28,32). The van der Waals surface area contributed by atoms with Gasteiger partial charge in [-0.3, -0.25) is 14.5 Å². The molecule has 0 saturated carbocycles. The van der Waals surface area contributed by atoms with Gasteiger partial charge in [0.1, 0.15) is 5.84 Å². The highest BCUT2D eigenvalue weighted by molar-refractivity contribution is 7.90. The molecule has 0 spiro atoms. The number of carbonyl (C=O) groups excluding carboxylic acids is 1. The maximum absolute atomic E-state index is 13.1. The second-order valence-electron chi connectivity index (χ2n) is 9.10. The molecule has 8 nitrogen and oxygen atoms in total. The molecule has 0 atom stereocenters. The van der Waals surface area contributed by atoms with Crippen molar-refractivity contribution in [1.29, 1.82) is 0 Å². The van der Waals surface area contributed by atoms with Crippen LogP contribution in [0.1, 0.15) is 59.4 Å². The van der Waals surface area contributed by atoms with Gasteiger partial charge in [-0.05, 0) is 75.4 Å². The molecule has 1 amide bonds. The lowest BCUT2D eigenvalue weighted by atomic mass is 10.2. The SMILES string of the molecule is Cc1ccc(-n2nc(C(=O)Nc3ccc(S(=O)(=O)NC4=NCCCCC4)cc3)c3c2CCC3)cc1. The summed E-state index contributed by atoms with van der Waals surface area (Å²) in [6.45, 7) is 2.68. The minimum absolute atomic E-state index is 0.131. The van der Waals surface area contributed by atoms with Gasteiger partial charge >= 0.3 is 0 Å². The number of sulfonamides is 1. The van der Waals surface area contributed by atoms with Gasteiger partial charge in [-0.25, -0.2) is 13.1 Å². The molecule has 182 valence electrons.